The van der Waals surface area contributed by atoms with Crippen molar-refractivity contribution in [3.8, 4) is 0 Å². The molecule has 4 heteroatoms. The molecule has 0 aromatic heterocycles. The van der Waals surface area contributed by atoms with E-state index in [2.05, 4.69) is 36.1 Å². The number of likely N-dealkylation sites (tertiary alicyclic amines) is 1. The molecule has 1 fully saturated rings. The van der Waals surface area contributed by atoms with Crippen LogP contribution in [-0.2, 0) is 16.1 Å². The van der Waals surface area contributed by atoms with E-state index in [1.54, 1.807) is 0 Å². The molecule has 0 saturated carbocycles. The van der Waals surface area contributed by atoms with E-state index in [9.17, 15) is 4.79 Å². The van der Waals surface area contributed by atoms with Gasteiger partial charge in [0.1, 0.15) is 11.6 Å². The summed E-state index contributed by atoms with van der Waals surface area (Å²) in [6, 6.07) is 9.98. The maximum atomic E-state index is 12.4. The first-order chi connectivity index (χ1) is 11.3. The number of nitrogens with two attached hydrogens (primary N) is 1. The van der Waals surface area contributed by atoms with E-state index in [-0.39, 0.29) is 11.4 Å². The van der Waals surface area contributed by atoms with Crippen LogP contribution in [0.4, 0.5) is 0 Å². The Labute approximate surface area is 146 Å². The minimum absolute atomic E-state index is 0.143. The van der Waals surface area contributed by atoms with E-state index in [1.165, 1.54) is 5.56 Å². The lowest BCUT2D eigenvalue weighted by Crippen LogP contribution is -2.54. The van der Waals surface area contributed by atoms with Crippen molar-refractivity contribution in [1.29, 1.82) is 0 Å². The van der Waals surface area contributed by atoms with Crippen molar-refractivity contribution < 1.29 is 9.53 Å². The summed E-state index contributed by atoms with van der Waals surface area (Å²) in [7, 11) is 0. The quantitative estimate of drug-likeness (QED) is 0.840. The fourth-order valence-electron chi connectivity index (χ4n) is 3.50. The van der Waals surface area contributed by atoms with E-state index in [4.69, 9.17) is 10.5 Å². The Kier molecular flexibility index (Phi) is 6.05. The Morgan fingerprint density at radius 3 is 2.33 bits per heavy atom. The summed E-state index contributed by atoms with van der Waals surface area (Å²) < 4.78 is 5.52. The van der Waals surface area contributed by atoms with Gasteiger partial charge in [-0.2, -0.15) is 0 Å². The van der Waals surface area contributed by atoms with Crippen molar-refractivity contribution in [2.75, 3.05) is 13.1 Å². The van der Waals surface area contributed by atoms with Crippen molar-refractivity contribution in [2.24, 2.45) is 11.1 Å². The van der Waals surface area contributed by atoms with Crippen LogP contribution >= 0.6 is 0 Å². The van der Waals surface area contributed by atoms with Crippen LogP contribution in [0.15, 0.2) is 30.3 Å². The number of piperidine rings is 1. The minimum atomic E-state index is -0.541. The van der Waals surface area contributed by atoms with Crippen LogP contribution in [0.2, 0.25) is 0 Å². The van der Waals surface area contributed by atoms with Crippen LogP contribution in [0.1, 0.15) is 52.5 Å². The molecule has 0 spiro atoms. The molecular weight excluding hydrogens is 300 g/mol. The Bertz CT molecular complexity index is 528. The molecule has 0 bridgehead atoms. The summed E-state index contributed by atoms with van der Waals surface area (Å²) in [5.41, 5.74) is 7.05. The highest BCUT2D eigenvalue weighted by Gasteiger charge is 2.43. The highest BCUT2D eigenvalue weighted by Crippen LogP contribution is 2.38. The maximum absolute atomic E-state index is 12.4. The van der Waals surface area contributed by atoms with E-state index >= 15 is 0 Å². The third-order valence-electron chi connectivity index (χ3n) is 5.13. The lowest BCUT2D eigenvalue weighted by Gasteiger charge is -2.44. The molecule has 24 heavy (non-hydrogen) atoms. The molecule has 1 unspecified atom stereocenters. The topological polar surface area (TPSA) is 55.6 Å². The zero-order valence-electron chi connectivity index (χ0n) is 15.5. The molecule has 0 amide bonds. The monoisotopic (exact) mass is 332 g/mol. The lowest BCUT2D eigenvalue weighted by molar-refractivity contribution is -0.161. The second kappa shape index (κ2) is 7.66. The average Bonchev–Trinajstić information content (AvgIpc) is 2.54. The second-order valence-electron chi connectivity index (χ2n) is 7.99. The smallest absolute Gasteiger partial charge is 0.324 e. The summed E-state index contributed by atoms with van der Waals surface area (Å²) in [5.74, 6) is -0.263. The van der Waals surface area contributed by atoms with Crippen LogP contribution in [0.3, 0.4) is 0 Å². The van der Waals surface area contributed by atoms with E-state index in [0.29, 0.717) is 0 Å². The lowest BCUT2D eigenvalue weighted by atomic mass is 9.70. The number of hydrogen-bond acceptors (Lipinski definition) is 4. The second-order valence-corrected chi connectivity index (χ2v) is 7.99. The zero-order valence-corrected chi connectivity index (χ0v) is 15.5. The van der Waals surface area contributed by atoms with Crippen LogP contribution in [0, 0.1) is 5.41 Å². The number of ether oxygens (including phenoxy) is 1. The molecule has 1 aliphatic rings. The van der Waals surface area contributed by atoms with Crippen molar-refractivity contribution in [2.45, 2.75) is 65.1 Å². The number of esters is 1. The van der Waals surface area contributed by atoms with E-state index in [0.717, 1.165) is 38.9 Å². The fourth-order valence-corrected chi connectivity index (χ4v) is 3.50. The molecule has 1 aliphatic heterocycles. The standard InChI is InChI=1S/C20H32N2O2/c1-5-20(17(21)18(23)24-19(2,3)4)11-13-22(14-12-20)15-16-9-7-6-8-10-16/h6-10,17H,5,11-15,21H2,1-4H3. The highest BCUT2D eigenvalue weighted by molar-refractivity contribution is 5.77. The predicted molar refractivity (Wildman–Crippen MR) is 97.5 cm³/mol. The molecule has 1 aromatic rings. The first kappa shape index (κ1) is 18.9. The van der Waals surface area contributed by atoms with Crippen molar-refractivity contribution >= 4 is 5.97 Å². The van der Waals surface area contributed by atoms with Crippen molar-refractivity contribution in [3.05, 3.63) is 35.9 Å². The maximum Gasteiger partial charge on any atom is 0.324 e. The Balaban J connectivity index is 1.96. The molecule has 1 heterocycles. The van der Waals surface area contributed by atoms with Gasteiger partial charge in [-0.15, -0.1) is 0 Å². The number of nitrogens with zero attached hydrogens (tertiary/aromatic N) is 1. The molecular formula is C20H32N2O2. The van der Waals surface area contributed by atoms with Crippen LogP contribution < -0.4 is 5.73 Å². The molecule has 134 valence electrons. The Morgan fingerprint density at radius 1 is 1.25 bits per heavy atom. The molecule has 2 rings (SSSR count). The van der Waals surface area contributed by atoms with Crippen LogP contribution in [0.25, 0.3) is 0 Å². The predicted octanol–water partition coefficient (Wildman–Crippen LogP) is 3.35. The van der Waals surface area contributed by atoms with Crippen LogP contribution in [-0.4, -0.2) is 35.6 Å². The zero-order chi connectivity index (χ0) is 17.8. The van der Waals surface area contributed by atoms with E-state index in [1.807, 2.05) is 26.8 Å². The minimum Gasteiger partial charge on any atom is -0.459 e. The molecule has 1 atom stereocenters. The normalized spacial score (nSPS) is 19.7. The van der Waals surface area contributed by atoms with Gasteiger partial charge in [-0.25, -0.2) is 0 Å². The third kappa shape index (κ3) is 4.81. The van der Waals surface area contributed by atoms with Gasteiger partial charge in [-0.1, -0.05) is 37.3 Å². The van der Waals surface area contributed by atoms with Crippen LogP contribution in [0.5, 0.6) is 0 Å². The molecule has 2 N–H and O–H groups in total. The number of hydrogen-bond donors (Lipinski definition) is 1. The van der Waals surface area contributed by atoms with Gasteiger partial charge in [0, 0.05) is 6.54 Å². The molecule has 1 aromatic carbocycles. The van der Waals surface area contributed by atoms with Gasteiger partial charge < -0.3 is 10.5 Å². The van der Waals surface area contributed by atoms with Gasteiger partial charge in [0.05, 0.1) is 0 Å². The highest BCUT2D eigenvalue weighted by atomic mass is 16.6. The number of carbonyl (C=O) groups is 1. The van der Waals surface area contributed by atoms with Gasteiger partial charge in [0.25, 0.3) is 0 Å². The average molecular weight is 332 g/mol. The third-order valence-corrected chi connectivity index (χ3v) is 5.13. The van der Waals surface area contributed by atoms with Crippen molar-refractivity contribution in [1.82, 2.24) is 4.90 Å². The Morgan fingerprint density at radius 2 is 1.83 bits per heavy atom. The summed E-state index contributed by atoms with van der Waals surface area (Å²) >= 11 is 0. The van der Waals surface area contributed by atoms with Crippen molar-refractivity contribution in [3.63, 3.8) is 0 Å². The van der Waals surface area contributed by atoms with Gasteiger partial charge in [0.2, 0.25) is 0 Å². The fraction of sp³-hybridized carbons (Fsp3) is 0.650. The van der Waals surface area contributed by atoms with E-state index < -0.39 is 11.6 Å². The summed E-state index contributed by atoms with van der Waals surface area (Å²) in [6.45, 7) is 10.7. The molecule has 0 aliphatic carbocycles. The van der Waals surface area contributed by atoms with Gasteiger partial charge in [0.15, 0.2) is 0 Å². The molecule has 4 nitrogen and oxygen atoms in total. The number of rotatable bonds is 5. The van der Waals surface area contributed by atoms with Gasteiger partial charge in [-0.3, -0.25) is 9.69 Å². The van der Waals surface area contributed by atoms with Gasteiger partial charge in [-0.05, 0) is 64.1 Å². The summed E-state index contributed by atoms with van der Waals surface area (Å²) in [4.78, 5) is 14.9. The Hall–Kier alpha value is -1.39. The molecule has 1 saturated heterocycles. The molecule has 0 radical (unpaired) electrons. The first-order valence-electron chi connectivity index (χ1n) is 9.00. The largest absolute Gasteiger partial charge is 0.459 e. The summed E-state index contributed by atoms with van der Waals surface area (Å²) in [5, 5.41) is 0. The first-order valence-corrected chi connectivity index (χ1v) is 9.00. The SMILES string of the molecule is CCC1(C(N)C(=O)OC(C)(C)C)CCN(Cc2ccccc2)CC1. The summed E-state index contributed by atoms with van der Waals surface area (Å²) in [6.07, 6.45) is 2.79. The number of carbonyl (C=O) groups excluding carboxylic acids is 1. The number of benzene rings is 1. The van der Waals surface area contributed by atoms with Gasteiger partial charge >= 0.3 is 5.97 Å².